The summed E-state index contributed by atoms with van der Waals surface area (Å²) in [5.74, 6) is -2.37. The second-order valence-electron chi connectivity index (χ2n) is 3.66. The molecule has 0 saturated heterocycles. The number of hydrogen-bond acceptors (Lipinski definition) is 5. The molecule has 1 fully saturated rings. The lowest BCUT2D eigenvalue weighted by molar-refractivity contribution is -0.158. The summed E-state index contributed by atoms with van der Waals surface area (Å²) < 4.78 is 9.67. The number of carbonyl (C=O) groups excluding carboxylic acids is 3. The standard InChI is InChI=1S/C11H16O5/c1-3-15-10(13)8-5-7(12)6-9(8)11(14)16-4-2/h8-9H,3-6H2,1-2H3/t8-,9-/m1/s1. The number of rotatable bonds is 4. The predicted octanol–water partition coefficient (Wildman–Crippen LogP) is 0.708. The zero-order valence-corrected chi connectivity index (χ0v) is 9.52. The molecule has 0 unspecified atom stereocenters. The van der Waals surface area contributed by atoms with Gasteiger partial charge in [0.1, 0.15) is 5.78 Å². The van der Waals surface area contributed by atoms with E-state index in [0.717, 1.165) is 0 Å². The first-order chi connectivity index (χ1) is 7.60. The van der Waals surface area contributed by atoms with Crippen LogP contribution in [0.1, 0.15) is 26.7 Å². The molecule has 16 heavy (non-hydrogen) atoms. The molecule has 0 radical (unpaired) electrons. The number of ketones is 1. The van der Waals surface area contributed by atoms with Crippen LogP contribution < -0.4 is 0 Å². The Kier molecular flexibility index (Phi) is 4.46. The third kappa shape index (κ3) is 2.81. The van der Waals surface area contributed by atoms with E-state index in [2.05, 4.69) is 0 Å². The topological polar surface area (TPSA) is 69.7 Å². The third-order valence-corrected chi connectivity index (χ3v) is 2.56. The van der Waals surface area contributed by atoms with Crippen LogP contribution in [0.5, 0.6) is 0 Å². The number of hydrogen-bond donors (Lipinski definition) is 0. The maximum Gasteiger partial charge on any atom is 0.310 e. The average molecular weight is 228 g/mol. The molecule has 1 aliphatic carbocycles. The number of carbonyl (C=O) groups is 3. The molecule has 0 spiro atoms. The molecule has 0 aliphatic heterocycles. The van der Waals surface area contributed by atoms with E-state index < -0.39 is 23.8 Å². The van der Waals surface area contributed by atoms with Crippen molar-refractivity contribution in [1.82, 2.24) is 0 Å². The van der Waals surface area contributed by atoms with Crippen molar-refractivity contribution < 1.29 is 23.9 Å². The first-order valence-electron chi connectivity index (χ1n) is 5.45. The number of ether oxygens (including phenoxy) is 2. The molecule has 0 aromatic heterocycles. The van der Waals surface area contributed by atoms with Crippen LogP contribution in [0.4, 0.5) is 0 Å². The van der Waals surface area contributed by atoms with Crippen molar-refractivity contribution in [2.45, 2.75) is 26.7 Å². The van der Waals surface area contributed by atoms with Crippen LogP contribution in [0, 0.1) is 11.8 Å². The lowest BCUT2D eigenvalue weighted by Crippen LogP contribution is -2.28. The van der Waals surface area contributed by atoms with Crippen molar-refractivity contribution in [3.8, 4) is 0 Å². The Labute approximate surface area is 94.1 Å². The summed E-state index contributed by atoms with van der Waals surface area (Å²) in [5.41, 5.74) is 0. The monoisotopic (exact) mass is 228 g/mol. The molecular weight excluding hydrogens is 212 g/mol. The summed E-state index contributed by atoms with van der Waals surface area (Å²) in [7, 11) is 0. The van der Waals surface area contributed by atoms with Crippen LogP contribution in [0.2, 0.25) is 0 Å². The molecular formula is C11H16O5. The highest BCUT2D eigenvalue weighted by Gasteiger charge is 2.43. The van der Waals surface area contributed by atoms with Gasteiger partial charge in [0, 0.05) is 12.8 Å². The van der Waals surface area contributed by atoms with Gasteiger partial charge in [0.05, 0.1) is 25.0 Å². The molecule has 1 aliphatic rings. The molecule has 0 amide bonds. The maximum atomic E-state index is 11.5. The molecule has 0 N–H and O–H groups in total. The normalized spacial score (nSPS) is 24.2. The van der Waals surface area contributed by atoms with Gasteiger partial charge >= 0.3 is 11.9 Å². The smallest absolute Gasteiger partial charge is 0.310 e. The predicted molar refractivity (Wildman–Crippen MR) is 54.5 cm³/mol. The van der Waals surface area contributed by atoms with Crippen LogP contribution in [0.15, 0.2) is 0 Å². The Bertz CT molecular complexity index is 269. The van der Waals surface area contributed by atoms with Gasteiger partial charge in [-0.25, -0.2) is 0 Å². The van der Waals surface area contributed by atoms with Gasteiger partial charge in [0.15, 0.2) is 0 Å². The highest BCUT2D eigenvalue weighted by Crippen LogP contribution is 2.31. The fourth-order valence-electron chi connectivity index (χ4n) is 1.85. The van der Waals surface area contributed by atoms with Gasteiger partial charge in [-0.3, -0.25) is 14.4 Å². The Balaban J connectivity index is 2.69. The second-order valence-corrected chi connectivity index (χ2v) is 3.66. The molecule has 5 heteroatoms. The Morgan fingerprint density at radius 3 is 1.75 bits per heavy atom. The minimum Gasteiger partial charge on any atom is -0.466 e. The maximum absolute atomic E-state index is 11.5. The quantitative estimate of drug-likeness (QED) is 0.663. The molecule has 1 rings (SSSR count). The first kappa shape index (κ1) is 12.7. The Hall–Kier alpha value is -1.39. The summed E-state index contributed by atoms with van der Waals surface area (Å²) in [6.07, 6.45) is 0.171. The summed E-state index contributed by atoms with van der Waals surface area (Å²) in [6.45, 7) is 3.88. The van der Waals surface area contributed by atoms with Crippen LogP contribution in [0.3, 0.4) is 0 Å². The van der Waals surface area contributed by atoms with E-state index in [1.807, 2.05) is 0 Å². The number of Topliss-reactive ketones (excluding diaryl/α,β-unsaturated/α-hetero) is 1. The van der Waals surface area contributed by atoms with Crippen molar-refractivity contribution in [3.05, 3.63) is 0 Å². The summed E-state index contributed by atoms with van der Waals surface area (Å²) >= 11 is 0. The molecule has 0 aromatic rings. The van der Waals surface area contributed by atoms with Crippen LogP contribution in [-0.2, 0) is 23.9 Å². The SMILES string of the molecule is CCOC(=O)[C@@H]1CC(=O)C[C@H]1C(=O)OCC. The minimum atomic E-state index is -0.661. The van der Waals surface area contributed by atoms with E-state index in [1.165, 1.54) is 0 Å². The minimum absolute atomic E-state index is 0.0856. The van der Waals surface area contributed by atoms with Crippen molar-refractivity contribution >= 4 is 17.7 Å². The largest absolute Gasteiger partial charge is 0.466 e. The van der Waals surface area contributed by atoms with Crippen molar-refractivity contribution in [2.75, 3.05) is 13.2 Å². The first-order valence-corrected chi connectivity index (χ1v) is 5.45. The zero-order chi connectivity index (χ0) is 12.1. The van der Waals surface area contributed by atoms with E-state index in [0.29, 0.717) is 0 Å². The van der Waals surface area contributed by atoms with Crippen molar-refractivity contribution in [3.63, 3.8) is 0 Å². The summed E-state index contributed by atoms with van der Waals surface area (Å²) in [6, 6.07) is 0. The van der Waals surface area contributed by atoms with Gasteiger partial charge in [-0.15, -0.1) is 0 Å². The van der Waals surface area contributed by atoms with Crippen LogP contribution >= 0.6 is 0 Å². The molecule has 5 nitrogen and oxygen atoms in total. The van der Waals surface area contributed by atoms with E-state index in [1.54, 1.807) is 13.8 Å². The van der Waals surface area contributed by atoms with Gasteiger partial charge in [-0.1, -0.05) is 0 Å². The zero-order valence-electron chi connectivity index (χ0n) is 9.52. The molecule has 0 heterocycles. The van der Waals surface area contributed by atoms with Gasteiger partial charge in [0.2, 0.25) is 0 Å². The molecule has 0 bridgehead atoms. The van der Waals surface area contributed by atoms with E-state index >= 15 is 0 Å². The fourth-order valence-corrected chi connectivity index (χ4v) is 1.85. The molecule has 1 saturated carbocycles. The molecule has 2 atom stereocenters. The second kappa shape index (κ2) is 5.63. The Morgan fingerprint density at radius 1 is 1.06 bits per heavy atom. The summed E-state index contributed by atoms with van der Waals surface area (Å²) in [4.78, 5) is 34.3. The lowest BCUT2D eigenvalue weighted by Gasteiger charge is -2.15. The highest BCUT2D eigenvalue weighted by atomic mass is 16.5. The highest BCUT2D eigenvalue weighted by molar-refractivity contribution is 5.95. The average Bonchev–Trinajstić information content (AvgIpc) is 2.61. The van der Waals surface area contributed by atoms with E-state index in [9.17, 15) is 14.4 Å². The van der Waals surface area contributed by atoms with Crippen molar-refractivity contribution in [2.24, 2.45) is 11.8 Å². The summed E-state index contributed by atoms with van der Waals surface area (Å²) in [5, 5.41) is 0. The molecule has 90 valence electrons. The van der Waals surface area contributed by atoms with Crippen LogP contribution in [-0.4, -0.2) is 30.9 Å². The van der Waals surface area contributed by atoms with Gasteiger partial charge in [-0.05, 0) is 13.8 Å². The number of esters is 2. The van der Waals surface area contributed by atoms with E-state index in [-0.39, 0.29) is 31.8 Å². The fraction of sp³-hybridized carbons (Fsp3) is 0.727. The van der Waals surface area contributed by atoms with E-state index in [4.69, 9.17) is 9.47 Å². The Morgan fingerprint density at radius 2 is 1.44 bits per heavy atom. The lowest BCUT2D eigenvalue weighted by atomic mass is 9.96. The third-order valence-electron chi connectivity index (χ3n) is 2.56. The van der Waals surface area contributed by atoms with Crippen molar-refractivity contribution in [1.29, 1.82) is 0 Å². The van der Waals surface area contributed by atoms with Gasteiger partial charge in [0.25, 0.3) is 0 Å². The molecule has 0 aromatic carbocycles. The van der Waals surface area contributed by atoms with Gasteiger partial charge in [-0.2, -0.15) is 0 Å². The van der Waals surface area contributed by atoms with Gasteiger partial charge < -0.3 is 9.47 Å². The van der Waals surface area contributed by atoms with Crippen LogP contribution in [0.25, 0.3) is 0 Å².